The molecule has 1 heterocycles. The third-order valence-electron chi connectivity index (χ3n) is 2.40. The van der Waals surface area contributed by atoms with Gasteiger partial charge in [-0.2, -0.15) is 0 Å². The molecule has 0 saturated heterocycles. The largest absolute Gasteiger partial charge is 0.393 e. The second kappa shape index (κ2) is 6.60. The Morgan fingerprint density at radius 2 is 2.14 bits per heavy atom. The normalized spacial score (nSPS) is 13.0. The Morgan fingerprint density at radius 3 is 2.79 bits per heavy atom. The number of imidazole rings is 1. The number of hydrogen-bond acceptors (Lipinski definition) is 2. The van der Waals surface area contributed by atoms with Gasteiger partial charge in [-0.05, 0) is 19.3 Å². The van der Waals surface area contributed by atoms with E-state index >= 15 is 0 Å². The zero-order chi connectivity index (χ0) is 10.2. The molecule has 1 aromatic heterocycles. The van der Waals surface area contributed by atoms with Crippen LogP contribution in [0.2, 0.25) is 0 Å². The van der Waals surface area contributed by atoms with Gasteiger partial charge in [-0.15, -0.1) is 0 Å². The lowest BCUT2D eigenvalue weighted by Gasteiger charge is -2.09. The van der Waals surface area contributed by atoms with Gasteiger partial charge in [-0.3, -0.25) is 0 Å². The van der Waals surface area contributed by atoms with E-state index in [0.717, 1.165) is 32.2 Å². The molecule has 0 radical (unpaired) electrons. The Hall–Kier alpha value is -0.830. The van der Waals surface area contributed by atoms with Crippen LogP contribution in [-0.2, 0) is 6.54 Å². The summed E-state index contributed by atoms with van der Waals surface area (Å²) < 4.78 is 2.05. The zero-order valence-corrected chi connectivity index (χ0v) is 8.89. The highest BCUT2D eigenvalue weighted by molar-refractivity contribution is 4.73. The van der Waals surface area contributed by atoms with Crippen LogP contribution in [0.25, 0.3) is 0 Å². The van der Waals surface area contributed by atoms with Gasteiger partial charge in [0.15, 0.2) is 0 Å². The predicted octanol–water partition coefficient (Wildman–Crippen LogP) is 2.21. The molecule has 1 N–H and O–H groups in total. The fourth-order valence-electron chi connectivity index (χ4n) is 1.51. The van der Waals surface area contributed by atoms with Crippen molar-refractivity contribution in [2.24, 2.45) is 0 Å². The lowest BCUT2D eigenvalue weighted by atomic mass is 10.1. The highest BCUT2D eigenvalue weighted by Gasteiger charge is 2.02. The van der Waals surface area contributed by atoms with Crippen molar-refractivity contribution in [1.82, 2.24) is 9.55 Å². The molecule has 0 unspecified atom stereocenters. The molecule has 0 aliphatic heterocycles. The van der Waals surface area contributed by atoms with Crippen LogP contribution in [0, 0.1) is 0 Å². The summed E-state index contributed by atoms with van der Waals surface area (Å²) in [5.41, 5.74) is 0. The van der Waals surface area contributed by atoms with Gasteiger partial charge >= 0.3 is 0 Å². The lowest BCUT2D eigenvalue weighted by Crippen LogP contribution is -2.07. The number of aryl methyl sites for hydroxylation is 1. The number of hydrogen-bond donors (Lipinski definition) is 1. The van der Waals surface area contributed by atoms with Crippen molar-refractivity contribution in [2.45, 2.75) is 51.7 Å². The van der Waals surface area contributed by atoms with Gasteiger partial charge in [-0.25, -0.2) is 4.98 Å². The average Bonchev–Trinajstić information content (AvgIpc) is 2.67. The van der Waals surface area contributed by atoms with Crippen LogP contribution in [0.5, 0.6) is 0 Å². The van der Waals surface area contributed by atoms with Crippen molar-refractivity contribution in [3.8, 4) is 0 Å². The summed E-state index contributed by atoms with van der Waals surface area (Å²) in [5, 5.41) is 9.58. The van der Waals surface area contributed by atoms with E-state index in [4.69, 9.17) is 0 Å². The first-order chi connectivity index (χ1) is 6.83. The molecule has 0 aliphatic rings. The lowest BCUT2D eigenvalue weighted by molar-refractivity contribution is 0.147. The predicted molar refractivity (Wildman–Crippen MR) is 57.0 cm³/mol. The molecular formula is C11H20N2O. The monoisotopic (exact) mass is 196 g/mol. The molecule has 0 saturated carbocycles. The van der Waals surface area contributed by atoms with E-state index in [1.807, 2.05) is 17.1 Å². The minimum atomic E-state index is -0.113. The third-order valence-corrected chi connectivity index (χ3v) is 2.40. The van der Waals surface area contributed by atoms with E-state index in [1.165, 1.54) is 6.42 Å². The van der Waals surface area contributed by atoms with Crippen LogP contribution in [0.3, 0.4) is 0 Å². The van der Waals surface area contributed by atoms with Gasteiger partial charge in [0.1, 0.15) is 0 Å². The standard InChI is InChI=1S/C11H20N2O/c1-2-3-5-11(14)6-4-8-13-9-7-12-10-13/h7,9-11,14H,2-6,8H2,1H3/t11-/m0/s1. The van der Waals surface area contributed by atoms with Crippen LogP contribution in [0.4, 0.5) is 0 Å². The molecule has 0 aromatic carbocycles. The molecule has 80 valence electrons. The Labute approximate surface area is 85.8 Å². The summed E-state index contributed by atoms with van der Waals surface area (Å²) in [7, 11) is 0. The Bertz CT molecular complexity index is 221. The van der Waals surface area contributed by atoms with Crippen molar-refractivity contribution >= 4 is 0 Å². The molecule has 3 heteroatoms. The fraction of sp³-hybridized carbons (Fsp3) is 0.727. The minimum absolute atomic E-state index is 0.113. The molecule has 1 aromatic rings. The molecule has 0 spiro atoms. The molecule has 1 rings (SSSR count). The number of aliphatic hydroxyl groups excluding tert-OH is 1. The summed E-state index contributed by atoms with van der Waals surface area (Å²) in [6, 6.07) is 0. The maximum atomic E-state index is 9.58. The molecule has 1 atom stereocenters. The van der Waals surface area contributed by atoms with Crippen LogP contribution in [0.15, 0.2) is 18.7 Å². The van der Waals surface area contributed by atoms with Crippen LogP contribution >= 0.6 is 0 Å². The van der Waals surface area contributed by atoms with Crippen molar-refractivity contribution in [3.63, 3.8) is 0 Å². The van der Waals surface area contributed by atoms with E-state index in [-0.39, 0.29) is 6.10 Å². The quantitative estimate of drug-likeness (QED) is 0.726. The van der Waals surface area contributed by atoms with Gasteiger partial charge in [-0.1, -0.05) is 19.8 Å². The summed E-state index contributed by atoms with van der Waals surface area (Å²) >= 11 is 0. The Balaban J connectivity index is 2.03. The first kappa shape index (κ1) is 11.2. The third kappa shape index (κ3) is 4.42. The Kier molecular flexibility index (Phi) is 5.30. The van der Waals surface area contributed by atoms with E-state index in [9.17, 15) is 5.11 Å². The van der Waals surface area contributed by atoms with Crippen LogP contribution in [0.1, 0.15) is 39.0 Å². The fourth-order valence-corrected chi connectivity index (χ4v) is 1.51. The number of rotatable bonds is 7. The number of aliphatic hydroxyl groups is 1. The molecule has 3 nitrogen and oxygen atoms in total. The average molecular weight is 196 g/mol. The van der Waals surface area contributed by atoms with Crippen LogP contribution < -0.4 is 0 Å². The highest BCUT2D eigenvalue weighted by atomic mass is 16.3. The van der Waals surface area contributed by atoms with Gasteiger partial charge in [0.05, 0.1) is 12.4 Å². The molecule has 0 amide bonds. The molecular weight excluding hydrogens is 176 g/mol. The Morgan fingerprint density at radius 1 is 1.36 bits per heavy atom. The number of aromatic nitrogens is 2. The van der Waals surface area contributed by atoms with Crippen molar-refractivity contribution in [2.75, 3.05) is 0 Å². The summed E-state index contributed by atoms with van der Waals surface area (Å²) in [5.74, 6) is 0. The maximum absolute atomic E-state index is 9.58. The van der Waals surface area contributed by atoms with Gasteiger partial charge in [0.2, 0.25) is 0 Å². The number of unbranched alkanes of at least 4 members (excludes halogenated alkanes) is 1. The number of nitrogens with zero attached hydrogens (tertiary/aromatic N) is 2. The zero-order valence-electron chi connectivity index (χ0n) is 8.89. The molecule has 0 bridgehead atoms. The maximum Gasteiger partial charge on any atom is 0.0945 e. The topological polar surface area (TPSA) is 38.0 Å². The summed E-state index contributed by atoms with van der Waals surface area (Å²) in [4.78, 5) is 3.97. The van der Waals surface area contributed by atoms with Crippen LogP contribution in [-0.4, -0.2) is 20.8 Å². The molecule has 14 heavy (non-hydrogen) atoms. The van der Waals surface area contributed by atoms with Crippen molar-refractivity contribution in [3.05, 3.63) is 18.7 Å². The van der Waals surface area contributed by atoms with E-state index in [2.05, 4.69) is 11.9 Å². The first-order valence-corrected chi connectivity index (χ1v) is 5.46. The van der Waals surface area contributed by atoms with E-state index in [0.29, 0.717) is 0 Å². The molecule has 0 aliphatic carbocycles. The summed E-state index contributed by atoms with van der Waals surface area (Å²) in [6.07, 6.45) is 10.6. The van der Waals surface area contributed by atoms with Gasteiger partial charge < -0.3 is 9.67 Å². The SMILES string of the molecule is CCCC[C@H](O)CCCn1ccnc1. The van der Waals surface area contributed by atoms with Gasteiger partial charge in [0, 0.05) is 18.9 Å². The second-order valence-corrected chi connectivity index (χ2v) is 3.74. The highest BCUT2D eigenvalue weighted by Crippen LogP contribution is 2.07. The smallest absolute Gasteiger partial charge is 0.0945 e. The first-order valence-electron chi connectivity index (χ1n) is 5.46. The van der Waals surface area contributed by atoms with E-state index < -0.39 is 0 Å². The minimum Gasteiger partial charge on any atom is -0.393 e. The molecule has 0 fully saturated rings. The summed E-state index contributed by atoms with van der Waals surface area (Å²) in [6.45, 7) is 3.11. The van der Waals surface area contributed by atoms with Gasteiger partial charge in [0.25, 0.3) is 0 Å². The van der Waals surface area contributed by atoms with Crippen molar-refractivity contribution in [1.29, 1.82) is 0 Å². The second-order valence-electron chi connectivity index (χ2n) is 3.74. The van der Waals surface area contributed by atoms with E-state index in [1.54, 1.807) is 6.20 Å². The van der Waals surface area contributed by atoms with Crippen molar-refractivity contribution < 1.29 is 5.11 Å².